The Hall–Kier alpha value is -3.73. The van der Waals surface area contributed by atoms with Crippen LogP contribution in [-0.2, 0) is 22.6 Å². The van der Waals surface area contributed by atoms with Gasteiger partial charge in [-0.3, -0.25) is 9.59 Å². The molecule has 270 valence electrons. The van der Waals surface area contributed by atoms with Crippen molar-refractivity contribution in [3.05, 3.63) is 86.0 Å². The van der Waals surface area contributed by atoms with Crippen molar-refractivity contribution in [1.29, 1.82) is 0 Å². The molecule has 3 atom stereocenters. The quantitative estimate of drug-likeness (QED) is 0.215. The zero-order chi connectivity index (χ0) is 35.8. The molecule has 3 heterocycles. The molecular weight excluding hydrogens is 713 g/mol. The minimum Gasteiger partial charge on any atom is -0.485 e. The summed E-state index contributed by atoms with van der Waals surface area (Å²) in [6, 6.07) is 13.6. The summed E-state index contributed by atoms with van der Waals surface area (Å²) in [6.45, 7) is 4.04. The zero-order valence-corrected chi connectivity index (χ0v) is 30.8. The summed E-state index contributed by atoms with van der Waals surface area (Å²) < 4.78 is 6.21. The monoisotopic (exact) mass is 753 g/mol. The van der Waals surface area contributed by atoms with E-state index in [0.29, 0.717) is 46.9 Å². The third kappa shape index (κ3) is 8.50. The van der Waals surface area contributed by atoms with E-state index in [9.17, 15) is 19.5 Å². The van der Waals surface area contributed by atoms with Crippen LogP contribution in [0.15, 0.2) is 48.7 Å². The van der Waals surface area contributed by atoms with Crippen molar-refractivity contribution in [2.24, 2.45) is 5.92 Å². The fraction of sp³-hybridized carbons (Fsp3) is 0.474. The number of ether oxygens (including phenoxy) is 1. The number of nitrogens with one attached hydrogen (secondary N) is 1. The number of carboxylic acid groups (broad SMARTS) is 1. The van der Waals surface area contributed by atoms with E-state index < -0.39 is 12.0 Å². The fourth-order valence-electron chi connectivity index (χ4n) is 7.30. The Morgan fingerprint density at radius 1 is 0.941 bits per heavy atom. The Morgan fingerprint density at radius 3 is 2.37 bits per heavy atom. The number of rotatable bonds is 11. The fourth-order valence-corrected chi connectivity index (χ4v) is 8.16. The van der Waals surface area contributed by atoms with E-state index in [-0.39, 0.29) is 48.9 Å². The summed E-state index contributed by atoms with van der Waals surface area (Å²) in [7, 11) is 0. The van der Waals surface area contributed by atoms with Gasteiger partial charge in [-0.25, -0.2) is 9.78 Å². The van der Waals surface area contributed by atoms with Gasteiger partial charge in [-0.05, 0) is 85.5 Å². The van der Waals surface area contributed by atoms with Crippen LogP contribution in [0.4, 0.5) is 10.6 Å². The number of hydrogen-bond acceptors (Lipinski definition) is 6. The van der Waals surface area contributed by atoms with Crippen molar-refractivity contribution in [3.63, 3.8) is 0 Å². The number of hydrogen-bond donors (Lipinski definition) is 2. The van der Waals surface area contributed by atoms with Crippen LogP contribution in [0.2, 0.25) is 15.1 Å². The first-order valence-electron chi connectivity index (χ1n) is 17.7. The number of nitrogens with zero attached hydrogens (tertiary/aromatic N) is 4. The lowest BCUT2D eigenvalue weighted by atomic mass is 9.80. The maximum absolute atomic E-state index is 14.5. The first kappa shape index (κ1) is 35.7. The molecule has 10 nitrogen and oxygen atoms in total. The van der Waals surface area contributed by atoms with E-state index >= 15 is 0 Å². The number of anilines is 1. The summed E-state index contributed by atoms with van der Waals surface area (Å²) in [6.07, 6.45) is 6.04. The lowest BCUT2D eigenvalue weighted by molar-refractivity contribution is -0.139. The number of aryl methyl sites for hydroxylation is 1. The first-order valence-corrected chi connectivity index (χ1v) is 18.8. The second kappa shape index (κ2) is 15.1. The van der Waals surface area contributed by atoms with Gasteiger partial charge in [0.05, 0.1) is 28.9 Å². The first-order chi connectivity index (χ1) is 24.5. The van der Waals surface area contributed by atoms with Crippen molar-refractivity contribution < 1.29 is 24.2 Å². The highest BCUT2D eigenvalue weighted by molar-refractivity contribution is 6.37. The van der Waals surface area contributed by atoms with Crippen molar-refractivity contribution in [2.75, 3.05) is 31.1 Å². The topological polar surface area (TPSA) is 115 Å². The number of carbonyl (C=O) groups excluding carboxylic acids is 2. The van der Waals surface area contributed by atoms with Gasteiger partial charge >= 0.3 is 6.09 Å². The van der Waals surface area contributed by atoms with Crippen molar-refractivity contribution >= 4 is 58.5 Å². The largest absolute Gasteiger partial charge is 0.485 e. The molecule has 0 radical (unpaired) electrons. The minimum absolute atomic E-state index is 0.0192. The summed E-state index contributed by atoms with van der Waals surface area (Å²) in [4.78, 5) is 49.3. The van der Waals surface area contributed by atoms with E-state index in [1.807, 2.05) is 54.4 Å². The van der Waals surface area contributed by atoms with E-state index in [1.165, 1.54) is 4.90 Å². The van der Waals surface area contributed by atoms with Crippen molar-refractivity contribution in [3.8, 4) is 5.75 Å². The SMILES string of the molecule is Cc1cc(Cl)c(O[C@H]2CCN(c3ccc([C@H]4CCN(C(=O)O)C[C@@H]4C(=O)N(Cc4cc(CC(=O)NC5CC5)ccc4Cl)C4CC4)cn3)C2)c(Cl)c1. The lowest BCUT2D eigenvalue weighted by Crippen LogP contribution is -2.49. The van der Waals surface area contributed by atoms with Crippen LogP contribution in [0.5, 0.6) is 5.75 Å². The molecule has 3 amide bonds. The number of benzene rings is 2. The van der Waals surface area contributed by atoms with Crippen LogP contribution in [0.3, 0.4) is 0 Å². The van der Waals surface area contributed by atoms with Crippen molar-refractivity contribution in [1.82, 2.24) is 20.1 Å². The molecule has 4 aliphatic rings. The molecule has 3 aromatic rings. The Balaban J connectivity index is 1.06. The predicted octanol–water partition coefficient (Wildman–Crippen LogP) is 7.10. The van der Waals surface area contributed by atoms with Crippen molar-refractivity contribution in [2.45, 2.75) is 82.5 Å². The van der Waals surface area contributed by atoms with Gasteiger partial charge in [0.1, 0.15) is 11.9 Å². The minimum atomic E-state index is -1.03. The molecule has 0 unspecified atom stereocenters. The molecule has 2 N–H and O–H groups in total. The second-order valence-electron chi connectivity index (χ2n) is 14.4. The molecule has 4 fully saturated rings. The van der Waals surface area contributed by atoms with Crippen LogP contribution in [-0.4, -0.2) is 82.2 Å². The standard InChI is InChI=1S/C38H42Cl3N5O5/c1-22-14-32(40)36(33(41)15-22)51-28-10-12-44(20-28)34-9-3-24(18-42-34)29-11-13-45(38(49)50)21-30(29)37(48)46(27-6-7-27)19-25-16-23(2-8-31(25)39)17-35(47)43-26-4-5-26/h2-3,8-9,14-16,18,26-30H,4-7,10-13,17,19-21H2,1H3,(H,43,47)(H,49,50)/t28-,29+,30-/m0/s1. The summed E-state index contributed by atoms with van der Waals surface area (Å²) >= 11 is 19.5. The Kier molecular flexibility index (Phi) is 10.6. The molecule has 0 spiro atoms. The molecule has 2 saturated carbocycles. The van der Waals surface area contributed by atoms with Gasteiger partial charge in [0.15, 0.2) is 5.75 Å². The molecule has 2 aliphatic carbocycles. The highest BCUT2D eigenvalue weighted by atomic mass is 35.5. The summed E-state index contributed by atoms with van der Waals surface area (Å²) in [5, 5.41) is 14.4. The number of pyridine rings is 1. The van der Waals surface area contributed by atoms with E-state index in [4.69, 9.17) is 44.5 Å². The maximum atomic E-state index is 14.5. The third-order valence-corrected chi connectivity index (χ3v) is 11.3. The molecule has 13 heteroatoms. The van der Waals surface area contributed by atoms with Gasteiger partial charge in [0.2, 0.25) is 11.8 Å². The maximum Gasteiger partial charge on any atom is 0.407 e. The highest BCUT2D eigenvalue weighted by Gasteiger charge is 2.43. The van der Waals surface area contributed by atoms with Gasteiger partial charge in [0, 0.05) is 61.8 Å². The Morgan fingerprint density at radius 2 is 1.71 bits per heavy atom. The van der Waals surface area contributed by atoms with Gasteiger partial charge in [-0.2, -0.15) is 0 Å². The summed E-state index contributed by atoms with van der Waals surface area (Å²) in [5.74, 6) is 0.408. The average molecular weight is 755 g/mol. The smallest absolute Gasteiger partial charge is 0.407 e. The third-order valence-electron chi connectivity index (χ3n) is 10.3. The van der Waals surface area contributed by atoms with Crippen LogP contribution in [0.1, 0.15) is 66.7 Å². The van der Waals surface area contributed by atoms with Gasteiger partial charge in [0.25, 0.3) is 0 Å². The molecule has 0 bridgehead atoms. The number of carbonyl (C=O) groups is 3. The molecule has 7 rings (SSSR count). The molecular formula is C38H42Cl3N5O5. The van der Waals surface area contributed by atoms with E-state index in [1.54, 1.807) is 6.07 Å². The van der Waals surface area contributed by atoms with Gasteiger partial charge in [-0.15, -0.1) is 0 Å². The number of aromatic nitrogens is 1. The predicted molar refractivity (Wildman–Crippen MR) is 197 cm³/mol. The summed E-state index contributed by atoms with van der Waals surface area (Å²) in [5.41, 5.74) is 3.49. The van der Waals surface area contributed by atoms with E-state index in [2.05, 4.69) is 10.2 Å². The zero-order valence-electron chi connectivity index (χ0n) is 28.5. The number of halogens is 3. The number of likely N-dealkylation sites (tertiary alicyclic amines) is 1. The average Bonchev–Trinajstić information content (AvgIpc) is 4.05. The molecule has 2 saturated heterocycles. The van der Waals surface area contributed by atoms with Crippen LogP contribution in [0.25, 0.3) is 0 Å². The van der Waals surface area contributed by atoms with Crippen LogP contribution in [0, 0.1) is 12.8 Å². The lowest BCUT2D eigenvalue weighted by Gasteiger charge is -2.39. The highest BCUT2D eigenvalue weighted by Crippen LogP contribution is 2.40. The number of amides is 3. The number of piperidine rings is 1. The van der Waals surface area contributed by atoms with Gasteiger partial charge in [-0.1, -0.05) is 53.0 Å². The van der Waals surface area contributed by atoms with Gasteiger partial charge < -0.3 is 29.9 Å². The second-order valence-corrected chi connectivity index (χ2v) is 15.6. The molecule has 1 aromatic heterocycles. The molecule has 2 aromatic carbocycles. The Labute approximate surface area is 313 Å². The Bertz CT molecular complexity index is 1780. The van der Waals surface area contributed by atoms with Crippen LogP contribution < -0.4 is 15.0 Å². The molecule has 51 heavy (non-hydrogen) atoms. The van der Waals surface area contributed by atoms with E-state index in [0.717, 1.165) is 66.7 Å². The normalized spacial score (nSPS) is 21.8. The molecule has 2 aliphatic heterocycles. The van der Waals surface area contributed by atoms with Crippen LogP contribution >= 0.6 is 34.8 Å².